The third-order valence-electron chi connectivity index (χ3n) is 1.34. The molecule has 1 rings (SSSR count). The summed E-state index contributed by atoms with van der Waals surface area (Å²) >= 11 is 3.22. The van der Waals surface area contributed by atoms with E-state index in [9.17, 15) is 0 Å². The SMILES string of the molecule is C=C(C)Oc1cc(Br)oc1C(=C)C. The van der Waals surface area contributed by atoms with Gasteiger partial charge in [0.25, 0.3) is 0 Å². The maximum Gasteiger partial charge on any atom is 0.173 e. The van der Waals surface area contributed by atoms with Crippen molar-refractivity contribution in [1.82, 2.24) is 0 Å². The maximum atomic E-state index is 5.35. The lowest BCUT2D eigenvalue weighted by atomic mass is 10.2. The molecule has 0 saturated heterocycles. The summed E-state index contributed by atoms with van der Waals surface area (Å²) in [6.07, 6.45) is 0. The third kappa shape index (κ3) is 2.49. The van der Waals surface area contributed by atoms with Crippen LogP contribution in [0.25, 0.3) is 5.57 Å². The molecule has 0 amide bonds. The fraction of sp³-hybridized carbons (Fsp3) is 0.200. The molecule has 0 aromatic carbocycles. The molecule has 0 fully saturated rings. The Morgan fingerprint density at radius 1 is 1.46 bits per heavy atom. The van der Waals surface area contributed by atoms with E-state index in [1.165, 1.54) is 0 Å². The molecule has 0 bridgehead atoms. The van der Waals surface area contributed by atoms with Crippen LogP contribution in [0, 0.1) is 0 Å². The molecule has 0 unspecified atom stereocenters. The van der Waals surface area contributed by atoms with Gasteiger partial charge in [0.05, 0.1) is 5.76 Å². The van der Waals surface area contributed by atoms with Gasteiger partial charge in [0.1, 0.15) is 0 Å². The molecule has 0 aliphatic rings. The smallest absolute Gasteiger partial charge is 0.173 e. The molecule has 1 heterocycles. The van der Waals surface area contributed by atoms with Gasteiger partial charge >= 0.3 is 0 Å². The first-order valence-corrected chi connectivity index (χ1v) is 4.58. The van der Waals surface area contributed by atoms with E-state index in [-0.39, 0.29) is 0 Å². The zero-order valence-electron chi connectivity index (χ0n) is 7.69. The van der Waals surface area contributed by atoms with Gasteiger partial charge in [-0.15, -0.1) is 0 Å². The number of halogens is 1. The fourth-order valence-electron chi connectivity index (χ4n) is 0.907. The lowest BCUT2D eigenvalue weighted by Gasteiger charge is -2.02. The Hall–Kier alpha value is -0.960. The van der Waals surface area contributed by atoms with Gasteiger partial charge in [-0.2, -0.15) is 0 Å². The largest absolute Gasteiger partial charge is 0.459 e. The van der Waals surface area contributed by atoms with Gasteiger partial charge in [-0.25, -0.2) is 0 Å². The molecule has 3 heteroatoms. The average Bonchev–Trinajstić information content (AvgIpc) is 2.29. The highest BCUT2D eigenvalue weighted by molar-refractivity contribution is 9.10. The summed E-state index contributed by atoms with van der Waals surface area (Å²) in [5, 5.41) is 0. The number of hydrogen-bond donors (Lipinski definition) is 0. The Morgan fingerprint density at radius 2 is 2.08 bits per heavy atom. The first-order valence-electron chi connectivity index (χ1n) is 3.79. The van der Waals surface area contributed by atoms with Crippen molar-refractivity contribution in [1.29, 1.82) is 0 Å². The molecule has 0 N–H and O–H groups in total. The van der Waals surface area contributed by atoms with E-state index in [1.807, 2.05) is 6.92 Å². The Balaban J connectivity index is 3.04. The second kappa shape index (κ2) is 3.83. The van der Waals surface area contributed by atoms with Crippen LogP contribution in [0.15, 0.2) is 34.1 Å². The van der Waals surface area contributed by atoms with Crippen LogP contribution < -0.4 is 4.74 Å². The van der Waals surface area contributed by atoms with Gasteiger partial charge in [-0.1, -0.05) is 13.2 Å². The van der Waals surface area contributed by atoms with Gasteiger partial charge in [-0.3, -0.25) is 0 Å². The van der Waals surface area contributed by atoms with Gasteiger partial charge in [0.2, 0.25) is 0 Å². The predicted molar refractivity (Wildman–Crippen MR) is 56.6 cm³/mol. The van der Waals surface area contributed by atoms with Gasteiger partial charge < -0.3 is 9.15 Å². The number of rotatable bonds is 3. The molecular weight excluding hydrogens is 232 g/mol. The van der Waals surface area contributed by atoms with Crippen LogP contribution in [0.1, 0.15) is 19.6 Å². The van der Waals surface area contributed by atoms with E-state index < -0.39 is 0 Å². The monoisotopic (exact) mass is 242 g/mol. The highest BCUT2D eigenvalue weighted by Gasteiger charge is 2.11. The van der Waals surface area contributed by atoms with E-state index >= 15 is 0 Å². The predicted octanol–water partition coefficient (Wildman–Crippen LogP) is 3.99. The quantitative estimate of drug-likeness (QED) is 0.749. The van der Waals surface area contributed by atoms with E-state index in [0.717, 1.165) is 5.57 Å². The zero-order valence-corrected chi connectivity index (χ0v) is 9.27. The Kier molecular flexibility index (Phi) is 2.98. The van der Waals surface area contributed by atoms with Gasteiger partial charge in [0, 0.05) is 6.07 Å². The normalized spacial score (nSPS) is 9.77. The minimum atomic E-state index is 0.621. The van der Waals surface area contributed by atoms with Crippen LogP contribution in [0.2, 0.25) is 0 Å². The number of allylic oxidation sites excluding steroid dienone is 2. The van der Waals surface area contributed by atoms with Crippen molar-refractivity contribution in [2.75, 3.05) is 0 Å². The van der Waals surface area contributed by atoms with E-state index in [2.05, 4.69) is 29.1 Å². The Labute approximate surface area is 86.0 Å². The van der Waals surface area contributed by atoms with Crippen molar-refractivity contribution in [3.8, 4) is 5.75 Å². The summed E-state index contributed by atoms with van der Waals surface area (Å²) in [5.41, 5.74) is 0.821. The summed E-state index contributed by atoms with van der Waals surface area (Å²) in [6.45, 7) is 11.1. The number of furan rings is 1. The highest BCUT2D eigenvalue weighted by Crippen LogP contribution is 2.32. The van der Waals surface area contributed by atoms with Crippen molar-refractivity contribution in [3.63, 3.8) is 0 Å². The van der Waals surface area contributed by atoms with Crippen LogP contribution in [0.5, 0.6) is 5.75 Å². The maximum absolute atomic E-state index is 5.35. The van der Waals surface area contributed by atoms with Gasteiger partial charge in [0.15, 0.2) is 16.2 Å². The minimum Gasteiger partial charge on any atom is -0.459 e. The molecule has 2 nitrogen and oxygen atoms in total. The molecule has 1 aromatic rings. The van der Waals surface area contributed by atoms with Crippen LogP contribution in [-0.4, -0.2) is 0 Å². The molecule has 70 valence electrons. The van der Waals surface area contributed by atoms with Crippen molar-refractivity contribution < 1.29 is 9.15 Å². The summed E-state index contributed by atoms with van der Waals surface area (Å²) in [5.74, 6) is 1.91. The van der Waals surface area contributed by atoms with E-state index in [1.54, 1.807) is 13.0 Å². The van der Waals surface area contributed by atoms with Crippen molar-refractivity contribution in [3.05, 3.63) is 35.4 Å². The second-order valence-corrected chi connectivity index (χ2v) is 3.61. The first kappa shape index (κ1) is 10.1. The standard InChI is InChI=1S/C10H11BrO2/c1-6(2)10-8(12-7(3)4)5-9(11)13-10/h5H,1,3H2,2,4H3. The van der Waals surface area contributed by atoms with Crippen molar-refractivity contribution in [2.24, 2.45) is 0 Å². The molecule has 0 saturated carbocycles. The molecular formula is C10H11BrO2. The van der Waals surface area contributed by atoms with E-state index in [4.69, 9.17) is 9.15 Å². The number of ether oxygens (including phenoxy) is 1. The van der Waals surface area contributed by atoms with Gasteiger partial charge in [-0.05, 0) is 35.4 Å². The summed E-state index contributed by atoms with van der Waals surface area (Å²) in [6, 6.07) is 1.75. The molecule has 0 aliphatic carbocycles. The van der Waals surface area contributed by atoms with Crippen LogP contribution in [0.4, 0.5) is 0 Å². The summed E-state index contributed by atoms with van der Waals surface area (Å²) in [4.78, 5) is 0. The molecule has 0 spiro atoms. The van der Waals surface area contributed by atoms with Crippen molar-refractivity contribution >= 4 is 21.5 Å². The van der Waals surface area contributed by atoms with Crippen LogP contribution >= 0.6 is 15.9 Å². The zero-order chi connectivity index (χ0) is 10.0. The van der Waals surface area contributed by atoms with Crippen molar-refractivity contribution in [2.45, 2.75) is 13.8 Å². The topological polar surface area (TPSA) is 22.4 Å². The van der Waals surface area contributed by atoms with Crippen LogP contribution in [-0.2, 0) is 0 Å². The summed E-state index contributed by atoms with van der Waals surface area (Å²) < 4.78 is 11.3. The molecule has 0 radical (unpaired) electrons. The van der Waals surface area contributed by atoms with Crippen LogP contribution in [0.3, 0.4) is 0 Å². The summed E-state index contributed by atoms with van der Waals surface area (Å²) in [7, 11) is 0. The van der Waals surface area contributed by atoms with E-state index in [0.29, 0.717) is 21.9 Å². The average molecular weight is 243 g/mol. The fourth-order valence-corrected chi connectivity index (χ4v) is 1.28. The molecule has 13 heavy (non-hydrogen) atoms. The minimum absolute atomic E-state index is 0.621. The first-order chi connectivity index (χ1) is 6.00. The molecule has 0 atom stereocenters. The third-order valence-corrected chi connectivity index (χ3v) is 1.73. The Bertz CT molecular complexity index is 350. The Morgan fingerprint density at radius 3 is 2.54 bits per heavy atom. The number of hydrogen-bond acceptors (Lipinski definition) is 2. The highest BCUT2D eigenvalue weighted by atomic mass is 79.9. The lowest BCUT2D eigenvalue weighted by Crippen LogP contribution is -1.89. The molecule has 1 aromatic heterocycles. The second-order valence-electron chi connectivity index (χ2n) is 2.83. The lowest BCUT2D eigenvalue weighted by molar-refractivity contribution is 0.415. The molecule has 0 aliphatic heterocycles.